The fourth-order valence-corrected chi connectivity index (χ4v) is 3.94. The topological polar surface area (TPSA) is 53.9 Å². The summed E-state index contributed by atoms with van der Waals surface area (Å²) >= 11 is 0. The van der Waals surface area contributed by atoms with Gasteiger partial charge in [-0.05, 0) is 36.2 Å². The lowest BCUT2D eigenvalue weighted by atomic mass is 10.2. The van der Waals surface area contributed by atoms with Crippen LogP contribution in [-0.2, 0) is 6.54 Å². The van der Waals surface area contributed by atoms with Crippen LogP contribution in [0.5, 0.6) is 0 Å². The molecule has 1 unspecified atom stereocenters. The third kappa shape index (κ3) is 3.96. The molecule has 0 spiro atoms. The maximum atomic E-state index is 4.86. The first kappa shape index (κ1) is 17.8. The molecule has 5 nitrogen and oxygen atoms in total. The average Bonchev–Trinajstić information content (AvgIpc) is 3.21. The van der Waals surface area contributed by atoms with Crippen molar-refractivity contribution in [3.63, 3.8) is 0 Å². The van der Waals surface area contributed by atoms with Gasteiger partial charge in [0.25, 0.3) is 0 Å². The van der Waals surface area contributed by atoms with E-state index in [1.165, 1.54) is 5.56 Å². The van der Waals surface area contributed by atoms with E-state index in [4.69, 9.17) is 9.97 Å². The summed E-state index contributed by atoms with van der Waals surface area (Å²) in [5.74, 6) is 1.61. The maximum Gasteiger partial charge on any atom is 0.163 e. The highest BCUT2D eigenvalue weighted by Crippen LogP contribution is 2.26. The SMILES string of the molecule is c1ccc(CN2CCC(Nc3nc(-c4cccnc4)nc4ccccc34)C2)cc1. The van der Waals surface area contributed by atoms with Crippen molar-refractivity contribution in [3.8, 4) is 11.4 Å². The number of anilines is 1. The highest BCUT2D eigenvalue weighted by Gasteiger charge is 2.23. The summed E-state index contributed by atoms with van der Waals surface area (Å²) in [5.41, 5.74) is 3.24. The number of rotatable bonds is 5. The second-order valence-corrected chi connectivity index (χ2v) is 7.51. The predicted molar refractivity (Wildman–Crippen MR) is 117 cm³/mol. The Balaban J connectivity index is 1.39. The van der Waals surface area contributed by atoms with Crippen LogP contribution in [0, 0.1) is 0 Å². The zero-order chi connectivity index (χ0) is 19.5. The van der Waals surface area contributed by atoms with E-state index in [1.807, 2.05) is 36.5 Å². The molecule has 1 aliphatic heterocycles. The van der Waals surface area contributed by atoms with Crippen LogP contribution in [0.3, 0.4) is 0 Å². The van der Waals surface area contributed by atoms with Crippen molar-refractivity contribution in [2.45, 2.75) is 19.0 Å². The summed E-state index contributed by atoms with van der Waals surface area (Å²) < 4.78 is 0. The summed E-state index contributed by atoms with van der Waals surface area (Å²) in [6.45, 7) is 3.09. The minimum Gasteiger partial charge on any atom is -0.365 e. The van der Waals surface area contributed by atoms with Crippen LogP contribution in [0.15, 0.2) is 79.1 Å². The van der Waals surface area contributed by atoms with Crippen molar-refractivity contribution < 1.29 is 0 Å². The van der Waals surface area contributed by atoms with Crippen LogP contribution in [0.25, 0.3) is 22.3 Å². The number of benzene rings is 2. The molecule has 2 aromatic carbocycles. The van der Waals surface area contributed by atoms with Gasteiger partial charge < -0.3 is 5.32 Å². The van der Waals surface area contributed by atoms with Crippen LogP contribution in [0.1, 0.15) is 12.0 Å². The van der Waals surface area contributed by atoms with E-state index in [-0.39, 0.29) is 0 Å². The second-order valence-electron chi connectivity index (χ2n) is 7.51. The Morgan fingerprint density at radius 3 is 2.66 bits per heavy atom. The molecule has 3 heterocycles. The second kappa shape index (κ2) is 7.97. The van der Waals surface area contributed by atoms with Crippen molar-refractivity contribution in [2.24, 2.45) is 0 Å². The number of likely N-dealkylation sites (tertiary alicyclic amines) is 1. The van der Waals surface area contributed by atoms with Gasteiger partial charge in [-0.15, -0.1) is 0 Å². The first-order chi connectivity index (χ1) is 14.3. The van der Waals surface area contributed by atoms with Gasteiger partial charge in [0.2, 0.25) is 0 Å². The fraction of sp³-hybridized carbons (Fsp3) is 0.208. The van der Waals surface area contributed by atoms with E-state index >= 15 is 0 Å². The molecule has 0 amide bonds. The summed E-state index contributed by atoms with van der Waals surface area (Å²) in [7, 11) is 0. The molecule has 0 bridgehead atoms. The molecule has 144 valence electrons. The minimum atomic E-state index is 0.374. The number of hydrogen-bond acceptors (Lipinski definition) is 5. The van der Waals surface area contributed by atoms with E-state index < -0.39 is 0 Å². The zero-order valence-corrected chi connectivity index (χ0v) is 16.2. The summed E-state index contributed by atoms with van der Waals surface area (Å²) in [4.78, 5) is 16.3. The molecule has 1 N–H and O–H groups in total. The molecule has 1 aliphatic rings. The van der Waals surface area contributed by atoms with E-state index in [2.05, 4.69) is 51.6 Å². The Hall–Kier alpha value is -3.31. The van der Waals surface area contributed by atoms with Gasteiger partial charge in [-0.25, -0.2) is 9.97 Å². The lowest BCUT2D eigenvalue weighted by Gasteiger charge is -2.18. The normalized spacial score (nSPS) is 16.9. The zero-order valence-electron chi connectivity index (χ0n) is 16.2. The Morgan fingerprint density at radius 1 is 0.931 bits per heavy atom. The number of fused-ring (bicyclic) bond motifs is 1. The quantitative estimate of drug-likeness (QED) is 0.556. The Morgan fingerprint density at radius 2 is 1.79 bits per heavy atom. The number of para-hydroxylation sites is 1. The Labute approximate surface area is 170 Å². The van der Waals surface area contributed by atoms with Crippen molar-refractivity contribution in [1.29, 1.82) is 0 Å². The lowest BCUT2D eigenvalue weighted by molar-refractivity contribution is 0.328. The van der Waals surface area contributed by atoms with Gasteiger partial charge in [-0.1, -0.05) is 42.5 Å². The van der Waals surface area contributed by atoms with Gasteiger partial charge in [-0.2, -0.15) is 0 Å². The van der Waals surface area contributed by atoms with Crippen LogP contribution in [-0.4, -0.2) is 39.0 Å². The van der Waals surface area contributed by atoms with Crippen LogP contribution >= 0.6 is 0 Å². The summed E-state index contributed by atoms with van der Waals surface area (Å²) in [5, 5.41) is 4.75. The van der Waals surface area contributed by atoms with Crippen LogP contribution in [0.4, 0.5) is 5.82 Å². The van der Waals surface area contributed by atoms with Crippen molar-refractivity contribution in [1.82, 2.24) is 19.9 Å². The van der Waals surface area contributed by atoms with Gasteiger partial charge in [0.1, 0.15) is 5.82 Å². The van der Waals surface area contributed by atoms with E-state index in [9.17, 15) is 0 Å². The van der Waals surface area contributed by atoms with Crippen molar-refractivity contribution >= 4 is 16.7 Å². The highest BCUT2D eigenvalue weighted by atomic mass is 15.2. The number of hydrogen-bond donors (Lipinski definition) is 1. The molecule has 1 fully saturated rings. The number of aromatic nitrogens is 3. The first-order valence-electron chi connectivity index (χ1n) is 10.1. The monoisotopic (exact) mass is 381 g/mol. The molecular weight excluding hydrogens is 358 g/mol. The largest absolute Gasteiger partial charge is 0.365 e. The lowest BCUT2D eigenvalue weighted by Crippen LogP contribution is -2.26. The Bertz CT molecular complexity index is 1100. The first-order valence-corrected chi connectivity index (χ1v) is 10.1. The number of nitrogens with one attached hydrogen (secondary N) is 1. The molecule has 2 aromatic heterocycles. The van der Waals surface area contributed by atoms with Crippen LogP contribution in [0.2, 0.25) is 0 Å². The van der Waals surface area contributed by atoms with Crippen molar-refractivity contribution in [3.05, 3.63) is 84.7 Å². The maximum absolute atomic E-state index is 4.86. The highest BCUT2D eigenvalue weighted by molar-refractivity contribution is 5.90. The smallest absolute Gasteiger partial charge is 0.163 e. The Kier molecular flexibility index (Phi) is 4.88. The molecule has 5 rings (SSSR count). The molecular formula is C24H23N5. The molecule has 0 saturated carbocycles. The third-order valence-corrected chi connectivity index (χ3v) is 5.39. The molecule has 5 heteroatoms. The third-order valence-electron chi connectivity index (χ3n) is 5.39. The molecule has 0 aliphatic carbocycles. The molecule has 1 saturated heterocycles. The molecule has 0 radical (unpaired) electrons. The molecule has 4 aromatic rings. The van der Waals surface area contributed by atoms with E-state index in [0.29, 0.717) is 11.9 Å². The number of nitrogens with zero attached hydrogens (tertiary/aromatic N) is 4. The van der Waals surface area contributed by atoms with Gasteiger partial charge in [0.05, 0.1) is 5.52 Å². The predicted octanol–water partition coefficient (Wildman–Crippen LogP) is 4.38. The minimum absolute atomic E-state index is 0.374. The fourth-order valence-electron chi connectivity index (χ4n) is 3.94. The number of pyridine rings is 1. The van der Waals surface area contributed by atoms with Gasteiger partial charge in [-0.3, -0.25) is 9.88 Å². The molecule has 1 atom stereocenters. The van der Waals surface area contributed by atoms with E-state index in [1.54, 1.807) is 6.20 Å². The van der Waals surface area contributed by atoms with Crippen molar-refractivity contribution in [2.75, 3.05) is 18.4 Å². The summed E-state index contributed by atoms with van der Waals surface area (Å²) in [6, 6.07) is 23.1. The summed E-state index contributed by atoms with van der Waals surface area (Å²) in [6.07, 6.45) is 4.68. The molecule has 29 heavy (non-hydrogen) atoms. The standard InChI is InChI=1S/C24H23N5/c1-2-7-18(8-3-1)16-29-14-12-20(17-29)26-24-21-10-4-5-11-22(21)27-23(28-24)19-9-6-13-25-15-19/h1-11,13,15,20H,12,14,16-17H2,(H,26,27,28). The van der Waals surface area contributed by atoms with E-state index in [0.717, 1.165) is 48.3 Å². The average molecular weight is 381 g/mol. The van der Waals surface area contributed by atoms with Gasteiger partial charge in [0.15, 0.2) is 5.82 Å². The van der Waals surface area contributed by atoms with Crippen LogP contribution < -0.4 is 5.32 Å². The van der Waals surface area contributed by atoms with Gasteiger partial charge >= 0.3 is 0 Å². The van der Waals surface area contributed by atoms with Gasteiger partial charge in [0, 0.05) is 49.0 Å².